The number of fused-ring (bicyclic) bond motifs is 3. The Bertz CT molecular complexity index is 2540. The van der Waals surface area contributed by atoms with Gasteiger partial charge in [0.25, 0.3) is 0 Å². The highest BCUT2D eigenvalue weighted by atomic mass is 16.5. The number of allylic oxidation sites excluding steroid dienone is 1. The Labute approximate surface area is 326 Å². The number of pyridine rings is 1. The average molecular weight is 725 g/mol. The fraction of sp³-hybridized carbons (Fsp3) is 0.260. The lowest BCUT2D eigenvalue weighted by Crippen LogP contribution is -2.30. The summed E-state index contributed by atoms with van der Waals surface area (Å²) < 4.78 is 9.13. The van der Waals surface area contributed by atoms with Gasteiger partial charge in [0.1, 0.15) is 17.3 Å². The van der Waals surface area contributed by atoms with Gasteiger partial charge >= 0.3 is 0 Å². The highest BCUT2D eigenvalue weighted by Crippen LogP contribution is 2.42. The van der Waals surface area contributed by atoms with Crippen LogP contribution in [0, 0.1) is 5.41 Å². The smallest absolute Gasteiger partial charge is 0.137 e. The van der Waals surface area contributed by atoms with Gasteiger partial charge in [0.05, 0.1) is 17.7 Å². The van der Waals surface area contributed by atoms with Crippen LogP contribution < -0.4 is 14.5 Å². The summed E-state index contributed by atoms with van der Waals surface area (Å²) >= 11 is 0. The second-order valence-electron chi connectivity index (χ2n) is 18.0. The van der Waals surface area contributed by atoms with Crippen molar-refractivity contribution in [1.82, 2.24) is 9.55 Å². The minimum Gasteiger partial charge on any atom is -0.457 e. The van der Waals surface area contributed by atoms with Crippen LogP contribution in [-0.4, -0.2) is 16.2 Å². The molecule has 0 spiro atoms. The number of rotatable bonds is 6. The molecule has 2 aromatic heterocycles. The number of anilines is 2. The molecule has 0 unspecified atom stereocenters. The molecule has 1 aliphatic heterocycles. The van der Waals surface area contributed by atoms with Crippen LogP contribution in [0.25, 0.3) is 38.8 Å². The Morgan fingerprint density at radius 2 is 1.20 bits per heavy atom. The Morgan fingerprint density at radius 1 is 0.527 bits per heavy atom. The van der Waals surface area contributed by atoms with Gasteiger partial charge in [-0.3, -0.25) is 4.57 Å². The van der Waals surface area contributed by atoms with Crippen LogP contribution in [0.4, 0.5) is 11.4 Å². The van der Waals surface area contributed by atoms with Crippen molar-refractivity contribution in [3.05, 3.63) is 157 Å². The SMILES string of the molecule is CC(C)(C)C1=CN(c2cc(Oc3ccc4c5ccccc5n(-c5cc(C(C)(C)C)ccn5)c4c3)cc(C(C)(C)C)c2)CN1c1ccc(-c2ccccc2)cc1. The van der Waals surface area contributed by atoms with Gasteiger partial charge < -0.3 is 14.5 Å². The van der Waals surface area contributed by atoms with Crippen molar-refractivity contribution in [3.8, 4) is 28.4 Å². The summed E-state index contributed by atoms with van der Waals surface area (Å²) in [5.74, 6) is 2.50. The molecular formula is C50H52N4O. The van der Waals surface area contributed by atoms with Crippen LogP contribution in [0.5, 0.6) is 11.5 Å². The molecule has 5 nitrogen and oxygen atoms in total. The third kappa shape index (κ3) is 7.12. The first kappa shape index (κ1) is 36.2. The Kier molecular flexibility index (Phi) is 8.87. The van der Waals surface area contributed by atoms with Gasteiger partial charge in [0.2, 0.25) is 0 Å². The maximum Gasteiger partial charge on any atom is 0.137 e. The van der Waals surface area contributed by atoms with Crippen LogP contribution >= 0.6 is 0 Å². The van der Waals surface area contributed by atoms with Crippen molar-refractivity contribution in [2.75, 3.05) is 16.5 Å². The molecule has 0 atom stereocenters. The van der Waals surface area contributed by atoms with Crippen molar-refractivity contribution >= 4 is 33.2 Å². The highest BCUT2D eigenvalue weighted by molar-refractivity contribution is 6.09. The monoisotopic (exact) mass is 724 g/mol. The number of para-hydroxylation sites is 1. The highest BCUT2D eigenvalue weighted by Gasteiger charge is 2.32. The van der Waals surface area contributed by atoms with E-state index in [1.807, 2.05) is 6.20 Å². The summed E-state index contributed by atoms with van der Waals surface area (Å²) in [7, 11) is 0. The normalized spacial score (nSPS) is 13.9. The first-order valence-electron chi connectivity index (χ1n) is 19.4. The average Bonchev–Trinajstić information content (AvgIpc) is 3.75. The van der Waals surface area contributed by atoms with Gasteiger partial charge in [0, 0.05) is 57.8 Å². The summed E-state index contributed by atoms with van der Waals surface area (Å²) in [6.45, 7) is 21.1. The van der Waals surface area contributed by atoms with Crippen LogP contribution in [0.2, 0.25) is 0 Å². The number of aromatic nitrogens is 2. The van der Waals surface area contributed by atoms with Crippen molar-refractivity contribution in [2.45, 2.75) is 73.1 Å². The summed E-state index contributed by atoms with van der Waals surface area (Å²) in [5.41, 5.74) is 10.5. The fourth-order valence-corrected chi connectivity index (χ4v) is 7.57. The van der Waals surface area contributed by atoms with Crippen molar-refractivity contribution < 1.29 is 4.74 Å². The third-order valence-electron chi connectivity index (χ3n) is 10.7. The summed E-state index contributed by atoms with van der Waals surface area (Å²) in [6.07, 6.45) is 4.25. The maximum atomic E-state index is 6.85. The molecule has 0 bridgehead atoms. The molecule has 7 aromatic rings. The summed E-state index contributed by atoms with van der Waals surface area (Å²) in [6, 6.07) is 45.6. The third-order valence-corrected chi connectivity index (χ3v) is 10.7. The molecule has 5 heteroatoms. The molecule has 5 aromatic carbocycles. The van der Waals surface area contributed by atoms with Crippen LogP contribution in [0.15, 0.2) is 145 Å². The van der Waals surface area contributed by atoms with E-state index in [1.54, 1.807) is 0 Å². The minimum absolute atomic E-state index is 0.00268. The molecule has 0 N–H and O–H groups in total. The number of hydrogen-bond acceptors (Lipinski definition) is 4. The van der Waals surface area contributed by atoms with Gasteiger partial charge in [-0.25, -0.2) is 4.98 Å². The molecule has 1 aliphatic rings. The van der Waals surface area contributed by atoms with Gasteiger partial charge in [-0.2, -0.15) is 0 Å². The quantitative estimate of drug-likeness (QED) is 0.171. The molecule has 0 saturated carbocycles. The zero-order chi connectivity index (χ0) is 38.7. The second-order valence-corrected chi connectivity index (χ2v) is 18.0. The molecule has 0 saturated heterocycles. The predicted molar refractivity (Wildman–Crippen MR) is 232 cm³/mol. The van der Waals surface area contributed by atoms with Crippen molar-refractivity contribution in [3.63, 3.8) is 0 Å². The largest absolute Gasteiger partial charge is 0.457 e. The molecule has 55 heavy (non-hydrogen) atoms. The Hall–Kier alpha value is -5.81. The summed E-state index contributed by atoms with van der Waals surface area (Å²) in [4.78, 5) is 9.68. The van der Waals surface area contributed by atoms with Crippen LogP contribution in [0.3, 0.4) is 0 Å². The lowest BCUT2D eigenvalue weighted by Gasteiger charge is -2.31. The fourth-order valence-electron chi connectivity index (χ4n) is 7.57. The first-order chi connectivity index (χ1) is 26.1. The van der Waals surface area contributed by atoms with Crippen LogP contribution in [0.1, 0.15) is 73.4 Å². The van der Waals surface area contributed by atoms with E-state index in [-0.39, 0.29) is 16.2 Å². The van der Waals surface area contributed by atoms with Crippen molar-refractivity contribution in [1.29, 1.82) is 0 Å². The molecular weight excluding hydrogens is 673 g/mol. The van der Waals surface area contributed by atoms with E-state index in [1.165, 1.54) is 44.4 Å². The minimum atomic E-state index is -0.0858. The lowest BCUT2D eigenvalue weighted by molar-refractivity contribution is 0.479. The lowest BCUT2D eigenvalue weighted by atomic mass is 9.86. The zero-order valence-electron chi connectivity index (χ0n) is 33.7. The standard InChI is InChI=1S/C50H52N4O/c1-48(2,3)36-25-26-51-47(29-36)54-44-18-14-13-17-42(44)43-24-23-40(31-45(43)54)55-41-28-37(49(4,5)6)27-39(30-41)52-32-46(50(7,8)9)53(33-52)38-21-19-35(20-22-38)34-15-11-10-12-16-34/h10-32H,33H2,1-9H3. The Morgan fingerprint density at radius 3 is 1.91 bits per heavy atom. The van der Waals surface area contributed by atoms with E-state index >= 15 is 0 Å². The van der Waals surface area contributed by atoms with Crippen LogP contribution in [-0.2, 0) is 10.8 Å². The zero-order valence-corrected chi connectivity index (χ0v) is 33.7. The molecule has 8 rings (SSSR count). The second kappa shape index (κ2) is 13.5. The predicted octanol–water partition coefficient (Wildman–Crippen LogP) is 13.4. The molecule has 278 valence electrons. The van der Waals surface area contributed by atoms with E-state index < -0.39 is 0 Å². The van der Waals surface area contributed by atoms with E-state index in [2.05, 4.69) is 210 Å². The molecule has 0 aliphatic carbocycles. The van der Waals surface area contributed by atoms with E-state index in [0.717, 1.165) is 34.0 Å². The molecule has 3 heterocycles. The Balaban J connectivity index is 1.17. The number of nitrogens with zero attached hydrogens (tertiary/aromatic N) is 4. The number of hydrogen-bond donors (Lipinski definition) is 0. The molecule has 0 fully saturated rings. The van der Waals surface area contributed by atoms with Crippen molar-refractivity contribution in [2.24, 2.45) is 5.41 Å². The van der Waals surface area contributed by atoms with Gasteiger partial charge in [-0.15, -0.1) is 0 Å². The van der Waals surface area contributed by atoms with Gasteiger partial charge in [-0.05, 0) is 87.7 Å². The van der Waals surface area contributed by atoms with Gasteiger partial charge in [-0.1, -0.05) is 123 Å². The van der Waals surface area contributed by atoms with E-state index in [4.69, 9.17) is 9.72 Å². The summed E-state index contributed by atoms with van der Waals surface area (Å²) in [5, 5.41) is 2.36. The van der Waals surface area contributed by atoms with E-state index in [0.29, 0.717) is 6.67 Å². The molecule has 0 radical (unpaired) electrons. The number of benzene rings is 5. The molecule has 0 amide bonds. The topological polar surface area (TPSA) is 33.5 Å². The van der Waals surface area contributed by atoms with Gasteiger partial charge in [0.15, 0.2) is 0 Å². The first-order valence-corrected chi connectivity index (χ1v) is 19.4. The maximum absolute atomic E-state index is 6.85. The number of ether oxygens (including phenoxy) is 1. The van der Waals surface area contributed by atoms with E-state index in [9.17, 15) is 0 Å².